The van der Waals surface area contributed by atoms with Gasteiger partial charge in [0.05, 0.1) is 16.3 Å². The molecule has 90 valence electrons. The standard InChI is InChI=1S/C11H12Cl2N4/c12-9-3-1-4-10(13)8(9)7-16-17-11-14-5-2-6-15-11/h1,3-4,7H,2,5-6H2,(H2,14,15,17)/b16-7-. The van der Waals surface area contributed by atoms with Gasteiger partial charge in [0.15, 0.2) is 0 Å². The molecule has 6 heteroatoms. The number of hydrogen-bond acceptors (Lipinski definition) is 4. The highest BCUT2D eigenvalue weighted by atomic mass is 35.5. The molecule has 0 saturated heterocycles. The van der Waals surface area contributed by atoms with Crippen molar-refractivity contribution < 1.29 is 0 Å². The molecule has 0 radical (unpaired) electrons. The summed E-state index contributed by atoms with van der Waals surface area (Å²) in [5, 5.41) is 8.29. The van der Waals surface area contributed by atoms with Gasteiger partial charge in [0.1, 0.15) is 0 Å². The van der Waals surface area contributed by atoms with Gasteiger partial charge in [0.25, 0.3) is 0 Å². The quantitative estimate of drug-likeness (QED) is 0.640. The molecule has 2 N–H and O–H groups in total. The fourth-order valence-corrected chi connectivity index (χ4v) is 1.89. The van der Waals surface area contributed by atoms with Crippen molar-refractivity contribution in [3.8, 4) is 0 Å². The molecule has 1 aliphatic heterocycles. The second kappa shape index (κ2) is 5.89. The first-order valence-corrected chi connectivity index (χ1v) is 6.04. The SMILES string of the molecule is Clc1cccc(Cl)c1/C=N\NC1=NCCCN1. The van der Waals surface area contributed by atoms with Crippen molar-refractivity contribution >= 4 is 35.4 Å². The van der Waals surface area contributed by atoms with Gasteiger partial charge in [-0.15, -0.1) is 0 Å². The van der Waals surface area contributed by atoms with Crippen LogP contribution in [0.25, 0.3) is 0 Å². The first-order valence-electron chi connectivity index (χ1n) is 5.29. The molecule has 1 aromatic rings. The summed E-state index contributed by atoms with van der Waals surface area (Å²) < 4.78 is 0. The average Bonchev–Trinajstić information content (AvgIpc) is 2.34. The van der Waals surface area contributed by atoms with Crippen LogP contribution < -0.4 is 10.7 Å². The summed E-state index contributed by atoms with van der Waals surface area (Å²) in [6.45, 7) is 1.73. The number of nitrogens with one attached hydrogen (secondary N) is 2. The van der Waals surface area contributed by atoms with Gasteiger partial charge in [-0.25, -0.2) is 5.43 Å². The van der Waals surface area contributed by atoms with Gasteiger partial charge in [-0.05, 0) is 18.6 Å². The first-order chi connectivity index (χ1) is 8.27. The molecule has 4 nitrogen and oxygen atoms in total. The Morgan fingerprint density at radius 1 is 1.35 bits per heavy atom. The van der Waals surface area contributed by atoms with Crippen LogP contribution in [0.1, 0.15) is 12.0 Å². The normalized spacial score (nSPS) is 15.5. The first kappa shape index (κ1) is 12.2. The third kappa shape index (κ3) is 3.35. The number of aliphatic imine (C=N–C) groups is 1. The van der Waals surface area contributed by atoms with Crippen LogP contribution in [-0.4, -0.2) is 25.3 Å². The Kier molecular flexibility index (Phi) is 4.23. The molecular formula is C11H12Cl2N4. The monoisotopic (exact) mass is 270 g/mol. The topological polar surface area (TPSA) is 48.8 Å². The highest BCUT2D eigenvalue weighted by molar-refractivity contribution is 6.38. The van der Waals surface area contributed by atoms with E-state index in [0.717, 1.165) is 19.5 Å². The maximum atomic E-state index is 6.00. The lowest BCUT2D eigenvalue weighted by Gasteiger charge is -2.12. The van der Waals surface area contributed by atoms with E-state index in [9.17, 15) is 0 Å². The van der Waals surface area contributed by atoms with Crippen LogP contribution in [0.15, 0.2) is 28.3 Å². The minimum atomic E-state index is 0.571. The Balaban J connectivity index is 2.03. The van der Waals surface area contributed by atoms with E-state index in [2.05, 4.69) is 20.8 Å². The molecule has 0 fully saturated rings. The predicted octanol–water partition coefficient (Wildman–Crippen LogP) is 2.27. The fraction of sp³-hybridized carbons (Fsp3) is 0.273. The molecule has 1 aromatic carbocycles. The fourth-order valence-electron chi connectivity index (χ4n) is 1.40. The largest absolute Gasteiger partial charge is 0.355 e. The van der Waals surface area contributed by atoms with Crippen LogP contribution in [0.5, 0.6) is 0 Å². The number of benzene rings is 1. The number of hydrazone groups is 1. The number of nitrogens with zero attached hydrogens (tertiary/aromatic N) is 2. The molecule has 0 spiro atoms. The molecule has 0 aliphatic carbocycles. The zero-order valence-electron chi connectivity index (χ0n) is 9.08. The van der Waals surface area contributed by atoms with Crippen molar-refractivity contribution in [2.24, 2.45) is 10.1 Å². The van der Waals surface area contributed by atoms with Gasteiger partial charge in [-0.1, -0.05) is 29.3 Å². The lowest BCUT2D eigenvalue weighted by Crippen LogP contribution is -2.38. The maximum absolute atomic E-state index is 6.00. The van der Waals surface area contributed by atoms with Gasteiger partial charge in [0, 0.05) is 18.7 Å². The van der Waals surface area contributed by atoms with Gasteiger partial charge in [0.2, 0.25) is 5.96 Å². The Labute approximate surface area is 110 Å². The maximum Gasteiger partial charge on any atom is 0.212 e. The van der Waals surface area contributed by atoms with Crippen LogP contribution in [-0.2, 0) is 0 Å². The molecule has 1 aliphatic rings. The van der Waals surface area contributed by atoms with E-state index in [4.69, 9.17) is 23.2 Å². The molecule has 0 atom stereocenters. The minimum absolute atomic E-state index is 0.571. The van der Waals surface area contributed by atoms with Gasteiger partial charge in [-0.2, -0.15) is 5.10 Å². The van der Waals surface area contributed by atoms with Gasteiger partial charge < -0.3 is 5.32 Å². The lowest BCUT2D eigenvalue weighted by molar-refractivity contribution is 0.712. The summed E-state index contributed by atoms with van der Waals surface area (Å²) in [4.78, 5) is 4.22. The molecule has 0 saturated carbocycles. The third-order valence-electron chi connectivity index (χ3n) is 2.26. The lowest BCUT2D eigenvalue weighted by atomic mass is 10.2. The van der Waals surface area contributed by atoms with Crippen molar-refractivity contribution in [3.63, 3.8) is 0 Å². The highest BCUT2D eigenvalue weighted by Gasteiger charge is 2.03. The Morgan fingerprint density at radius 2 is 2.12 bits per heavy atom. The average molecular weight is 271 g/mol. The van der Waals surface area contributed by atoms with Crippen molar-refractivity contribution in [2.75, 3.05) is 13.1 Å². The smallest absolute Gasteiger partial charge is 0.212 e. The molecule has 0 aromatic heterocycles. The predicted molar refractivity (Wildman–Crippen MR) is 72.1 cm³/mol. The zero-order chi connectivity index (χ0) is 12.1. The van der Waals surface area contributed by atoms with E-state index < -0.39 is 0 Å². The number of halogens is 2. The summed E-state index contributed by atoms with van der Waals surface area (Å²) in [5.74, 6) is 0.677. The van der Waals surface area contributed by atoms with E-state index in [1.54, 1.807) is 24.4 Å². The van der Waals surface area contributed by atoms with E-state index in [1.165, 1.54) is 0 Å². The van der Waals surface area contributed by atoms with Crippen LogP contribution in [0.4, 0.5) is 0 Å². The Morgan fingerprint density at radius 3 is 2.76 bits per heavy atom. The highest BCUT2D eigenvalue weighted by Crippen LogP contribution is 2.21. The summed E-state index contributed by atoms with van der Waals surface area (Å²) in [6, 6.07) is 5.33. The summed E-state index contributed by atoms with van der Waals surface area (Å²) >= 11 is 12.0. The summed E-state index contributed by atoms with van der Waals surface area (Å²) in [6.07, 6.45) is 2.63. The molecule has 0 bridgehead atoms. The molecule has 2 rings (SSSR count). The summed E-state index contributed by atoms with van der Waals surface area (Å²) in [7, 11) is 0. The van der Waals surface area contributed by atoms with Gasteiger partial charge in [-0.3, -0.25) is 4.99 Å². The second-order valence-corrected chi connectivity index (χ2v) is 4.33. The number of guanidine groups is 1. The van der Waals surface area contributed by atoms with E-state index >= 15 is 0 Å². The Hall–Kier alpha value is -1.26. The van der Waals surface area contributed by atoms with Crippen LogP contribution in [0, 0.1) is 0 Å². The Bertz CT molecular complexity index is 437. The number of rotatable bonds is 2. The van der Waals surface area contributed by atoms with E-state index in [1.807, 2.05) is 0 Å². The molecule has 17 heavy (non-hydrogen) atoms. The number of hydrogen-bond donors (Lipinski definition) is 2. The summed E-state index contributed by atoms with van der Waals surface area (Å²) in [5.41, 5.74) is 3.51. The molecular weight excluding hydrogens is 259 g/mol. The van der Waals surface area contributed by atoms with Gasteiger partial charge >= 0.3 is 0 Å². The molecule has 0 unspecified atom stereocenters. The zero-order valence-corrected chi connectivity index (χ0v) is 10.6. The van der Waals surface area contributed by atoms with Crippen molar-refractivity contribution in [1.82, 2.24) is 10.7 Å². The second-order valence-electron chi connectivity index (χ2n) is 3.52. The molecule has 0 amide bonds. The van der Waals surface area contributed by atoms with Crippen molar-refractivity contribution in [2.45, 2.75) is 6.42 Å². The van der Waals surface area contributed by atoms with Crippen LogP contribution >= 0.6 is 23.2 Å². The molecule has 1 heterocycles. The van der Waals surface area contributed by atoms with E-state index in [-0.39, 0.29) is 0 Å². The van der Waals surface area contributed by atoms with Crippen molar-refractivity contribution in [3.05, 3.63) is 33.8 Å². The third-order valence-corrected chi connectivity index (χ3v) is 2.92. The van der Waals surface area contributed by atoms with Crippen molar-refractivity contribution in [1.29, 1.82) is 0 Å². The minimum Gasteiger partial charge on any atom is -0.355 e. The van der Waals surface area contributed by atoms with E-state index in [0.29, 0.717) is 21.6 Å². The van der Waals surface area contributed by atoms with Crippen LogP contribution in [0.2, 0.25) is 10.0 Å². The van der Waals surface area contributed by atoms with Crippen LogP contribution in [0.3, 0.4) is 0 Å².